The molecule has 2 atom stereocenters. The molecule has 4 rings (SSSR count). The molecule has 134 valence electrons. The number of carbonyl (C=O) groups excluding carboxylic acids is 1. The molecule has 3 aromatic heterocycles. The molecule has 1 aliphatic carbocycles. The minimum absolute atomic E-state index is 0.129. The highest BCUT2D eigenvalue weighted by Gasteiger charge is 2.36. The number of hydrogen-bond donors (Lipinski definition) is 0. The molecule has 0 aliphatic heterocycles. The van der Waals surface area contributed by atoms with Crippen LogP contribution in [0.2, 0.25) is 0 Å². The van der Waals surface area contributed by atoms with Crippen LogP contribution in [0.15, 0.2) is 68.3 Å². The van der Waals surface area contributed by atoms with Gasteiger partial charge in [0.25, 0.3) is 0 Å². The molecule has 1 saturated carbocycles. The summed E-state index contributed by atoms with van der Waals surface area (Å²) in [5.74, 6) is 4.24. The minimum Gasteiger partial charge on any atom is -0.467 e. The summed E-state index contributed by atoms with van der Waals surface area (Å²) in [5.41, 5.74) is 0. The fourth-order valence-corrected chi connectivity index (χ4v) is 3.03. The van der Waals surface area contributed by atoms with Gasteiger partial charge in [0.05, 0.1) is 25.6 Å². The van der Waals surface area contributed by atoms with Crippen LogP contribution in [0.5, 0.6) is 0 Å². The molecule has 26 heavy (non-hydrogen) atoms. The lowest BCUT2D eigenvalue weighted by atomic mass is 10.3. The summed E-state index contributed by atoms with van der Waals surface area (Å²) in [6.45, 7) is 2.97. The van der Waals surface area contributed by atoms with Crippen LogP contribution in [0.1, 0.15) is 42.3 Å². The van der Waals surface area contributed by atoms with Crippen LogP contribution >= 0.6 is 0 Å². The first kappa shape index (κ1) is 16.5. The van der Waals surface area contributed by atoms with Crippen molar-refractivity contribution in [1.29, 1.82) is 0 Å². The zero-order valence-corrected chi connectivity index (χ0v) is 14.6. The molecule has 5 heteroatoms. The molecule has 1 fully saturated rings. The molecule has 0 bridgehead atoms. The van der Waals surface area contributed by atoms with Crippen molar-refractivity contribution in [1.82, 2.24) is 4.90 Å². The van der Waals surface area contributed by atoms with Gasteiger partial charge >= 0.3 is 0 Å². The zero-order chi connectivity index (χ0) is 17.9. The molecule has 3 heterocycles. The van der Waals surface area contributed by atoms with E-state index in [0.717, 1.165) is 17.3 Å². The van der Waals surface area contributed by atoms with Gasteiger partial charge in [0.15, 0.2) is 0 Å². The van der Waals surface area contributed by atoms with E-state index in [1.807, 2.05) is 36.4 Å². The van der Waals surface area contributed by atoms with Crippen molar-refractivity contribution < 1.29 is 18.0 Å². The lowest BCUT2D eigenvalue weighted by Gasteiger charge is -2.18. The Hall–Kier alpha value is -2.95. The maximum atomic E-state index is 12.7. The lowest BCUT2D eigenvalue weighted by molar-refractivity contribution is -0.127. The predicted octanol–water partition coefficient (Wildman–Crippen LogP) is 4.83. The van der Waals surface area contributed by atoms with Gasteiger partial charge in [-0.25, -0.2) is 0 Å². The van der Waals surface area contributed by atoms with E-state index in [-0.39, 0.29) is 5.91 Å². The molecule has 5 nitrogen and oxygen atoms in total. The fourth-order valence-electron chi connectivity index (χ4n) is 3.03. The Kier molecular flexibility index (Phi) is 4.52. The Morgan fingerprint density at radius 3 is 2.31 bits per heavy atom. The standard InChI is InChI=1S/C21H21NO4/c1-15-12-19(15)20-8-6-16(26-20)7-9-21(23)22(13-17-4-2-10-24-17)14-18-5-3-11-25-18/h2-11,15,19H,12-14H2,1H3/b9-7+. The molecule has 0 spiro atoms. The highest BCUT2D eigenvalue weighted by molar-refractivity contribution is 5.91. The molecule has 0 radical (unpaired) electrons. The van der Waals surface area contributed by atoms with E-state index in [0.29, 0.717) is 30.7 Å². The Morgan fingerprint density at radius 1 is 1.12 bits per heavy atom. The SMILES string of the molecule is CC1CC1c1ccc(/C=C/C(=O)N(Cc2ccco2)Cc2ccco2)o1. The molecular formula is C21H21NO4. The third kappa shape index (κ3) is 3.82. The van der Waals surface area contributed by atoms with Gasteiger partial charge < -0.3 is 18.2 Å². The Bertz CT molecular complexity index is 837. The molecule has 0 N–H and O–H groups in total. The van der Waals surface area contributed by atoms with Crippen LogP contribution in [0.4, 0.5) is 0 Å². The summed E-state index contributed by atoms with van der Waals surface area (Å²) in [6, 6.07) is 11.2. The van der Waals surface area contributed by atoms with Crippen LogP contribution < -0.4 is 0 Å². The van der Waals surface area contributed by atoms with Crippen LogP contribution in [-0.4, -0.2) is 10.8 Å². The van der Waals surface area contributed by atoms with Crippen LogP contribution in [0, 0.1) is 5.92 Å². The maximum Gasteiger partial charge on any atom is 0.247 e. The van der Waals surface area contributed by atoms with Crippen molar-refractivity contribution in [3.05, 3.63) is 78.0 Å². The van der Waals surface area contributed by atoms with Gasteiger partial charge in [-0.15, -0.1) is 0 Å². The summed E-state index contributed by atoms with van der Waals surface area (Å²) in [5, 5.41) is 0. The van der Waals surface area contributed by atoms with Crippen molar-refractivity contribution in [3.63, 3.8) is 0 Å². The second kappa shape index (κ2) is 7.12. The van der Waals surface area contributed by atoms with Crippen molar-refractivity contribution in [3.8, 4) is 0 Å². The first-order valence-corrected chi connectivity index (χ1v) is 8.80. The Morgan fingerprint density at radius 2 is 1.77 bits per heavy atom. The van der Waals surface area contributed by atoms with E-state index in [1.54, 1.807) is 23.5 Å². The van der Waals surface area contributed by atoms with E-state index < -0.39 is 0 Å². The Labute approximate surface area is 151 Å². The van der Waals surface area contributed by atoms with Gasteiger partial charge in [-0.3, -0.25) is 4.79 Å². The quantitative estimate of drug-likeness (QED) is 0.572. The summed E-state index contributed by atoms with van der Waals surface area (Å²) in [4.78, 5) is 14.4. The van der Waals surface area contributed by atoms with Gasteiger partial charge in [-0.2, -0.15) is 0 Å². The summed E-state index contributed by atoms with van der Waals surface area (Å²) in [7, 11) is 0. The summed E-state index contributed by atoms with van der Waals surface area (Å²) in [6.07, 6.45) is 7.63. The van der Waals surface area contributed by atoms with Gasteiger partial charge in [-0.05, 0) is 54.8 Å². The summed E-state index contributed by atoms with van der Waals surface area (Å²) < 4.78 is 16.6. The second-order valence-electron chi connectivity index (χ2n) is 6.75. The second-order valence-corrected chi connectivity index (χ2v) is 6.75. The number of nitrogens with zero attached hydrogens (tertiary/aromatic N) is 1. The number of rotatable bonds is 7. The summed E-state index contributed by atoms with van der Waals surface area (Å²) >= 11 is 0. The van der Waals surface area contributed by atoms with Gasteiger partial charge in [0.1, 0.15) is 23.0 Å². The van der Waals surface area contributed by atoms with Crippen molar-refractivity contribution in [2.24, 2.45) is 5.92 Å². The number of amides is 1. The van der Waals surface area contributed by atoms with Crippen molar-refractivity contribution in [2.45, 2.75) is 32.4 Å². The maximum absolute atomic E-state index is 12.7. The molecule has 2 unspecified atom stereocenters. The normalized spacial score (nSPS) is 19.1. The topological polar surface area (TPSA) is 59.7 Å². The highest BCUT2D eigenvalue weighted by atomic mass is 16.3. The van der Waals surface area contributed by atoms with Crippen molar-refractivity contribution in [2.75, 3.05) is 0 Å². The first-order chi connectivity index (χ1) is 12.7. The first-order valence-electron chi connectivity index (χ1n) is 8.80. The van der Waals surface area contributed by atoms with Crippen LogP contribution in [0.25, 0.3) is 6.08 Å². The van der Waals surface area contributed by atoms with Crippen molar-refractivity contribution >= 4 is 12.0 Å². The molecule has 1 aliphatic rings. The Balaban J connectivity index is 1.45. The fraction of sp³-hybridized carbons (Fsp3) is 0.286. The molecule has 0 saturated heterocycles. The predicted molar refractivity (Wildman–Crippen MR) is 95.9 cm³/mol. The third-order valence-electron chi connectivity index (χ3n) is 4.68. The molecular weight excluding hydrogens is 330 g/mol. The van der Waals surface area contributed by atoms with E-state index in [9.17, 15) is 4.79 Å². The van der Waals surface area contributed by atoms with E-state index in [4.69, 9.17) is 13.3 Å². The van der Waals surface area contributed by atoms with E-state index in [1.165, 1.54) is 12.5 Å². The smallest absolute Gasteiger partial charge is 0.247 e. The van der Waals surface area contributed by atoms with Gasteiger partial charge in [0, 0.05) is 12.0 Å². The van der Waals surface area contributed by atoms with E-state index >= 15 is 0 Å². The average Bonchev–Trinajstić information content (AvgIpc) is 3.15. The van der Waals surface area contributed by atoms with Gasteiger partial charge in [0.2, 0.25) is 5.91 Å². The molecule has 1 amide bonds. The minimum atomic E-state index is -0.129. The monoisotopic (exact) mass is 351 g/mol. The molecule has 0 aromatic carbocycles. The van der Waals surface area contributed by atoms with Gasteiger partial charge in [-0.1, -0.05) is 6.92 Å². The number of hydrogen-bond acceptors (Lipinski definition) is 4. The molecule has 3 aromatic rings. The third-order valence-corrected chi connectivity index (χ3v) is 4.68. The largest absolute Gasteiger partial charge is 0.467 e. The van der Waals surface area contributed by atoms with E-state index in [2.05, 4.69) is 6.92 Å². The number of carbonyl (C=O) groups is 1. The number of furan rings is 3. The highest BCUT2D eigenvalue weighted by Crippen LogP contribution is 2.47. The van der Waals surface area contributed by atoms with Crippen LogP contribution in [-0.2, 0) is 17.9 Å². The lowest BCUT2D eigenvalue weighted by Crippen LogP contribution is -2.28. The zero-order valence-electron chi connectivity index (χ0n) is 14.6. The van der Waals surface area contributed by atoms with Crippen LogP contribution in [0.3, 0.4) is 0 Å². The average molecular weight is 351 g/mol.